The van der Waals surface area contributed by atoms with Crippen LogP contribution in [0.1, 0.15) is 6.42 Å². The molecular weight excluding hydrogens is 272 g/mol. The normalized spacial score (nSPS) is 20.2. The summed E-state index contributed by atoms with van der Waals surface area (Å²) in [5, 5.41) is -0.0104. The highest BCUT2D eigenvalue weighted by Gasteiger charge is 2.29. The lowest BCUT2D eigenvalue weighted by Crippen LogP contribution is -2.26. The van der Waals surface area contributed by atoms with Gasteiger partial charge in [-0.15, -0.1) is 0 Å². The van der Waals surface area contributed by atoms with Gasteiger partial charge >= 0.3 is 0 Å². The molecule has 0 radical (unpaired) electrons. The van der Waals surface area contributed by atoms with Crippen molar-refractivity contribution in [1.82, 2.24) is 0 Å². The van der Waals surface area contributed by atoms with E-state index in [-0.39, 0.29) is 11.2 Å². The van der Waals surface area contributed by atoms with Crippen LogP contribution in [0, 0.1) is 0 Å². The minimum Gasteiger partial charge on any atom is -0.309 e. The van der Waals surface area contributed by atoms with E-state index in [9.17, 15) is 13.2 Å². The number of nitrogens with zero attached hydrogens (tertiary/aromatic N) is 1. The SMILES string of the molecule is CS(=O)(=O)Nc1ccccc1N1CC(S)CC1=O. The van der Waals surface area contributed by atoms with Gasteiger partial charge in [0.2, 0.25) is 15.9 Å². The van der Waals surface area contributed by atoms with Crippen LogP contribution in [0.25, 0.3) is 0 Å². The van der Waals surface area contributed by atoms with Crippen molar-refractivity contribution in [3.05, 3.63) is 24.3 Å². The summed E-state index contributed by atoms with van der Waals surface area (Å²) in [5.41, 5.74) is 0.986. The summed E-state index contributed by atoms with van der Waals surface area (Å²) in [6, 6.07) is 6.84. The molecular formula is C11H14N2O3S2. The third kappa shape index (κ3) is 2.97. The minimum atomic E-state index is -3.37. The first-order chi connectivity index (χ1) is 8.37. The van der Waals surface area contributed by atoms with Gasteiger partial charge in [0.1, 0.15) is 0 Å². The third-order valence-electron chi connectivity index (χ3n) is 2.59. The third-order valence-corrected chi connectivity index (χ3v) is 3.53. The smallest absolute Gasteiger partial charge is 0.229 e. The van der Waals surface area contributed by atoms with Gasteiger partial charge < -0.3 is 4.90 Å². The quantitative estimate of drug-likeness (QED) is 0.818. The summed E-state index contributed by atoms with van der Waals surface area (Å²) in [4.78, 5) is 13.4. The van der Waals surface area contributed by atoms with Gasteiger partial charge in [0.25, 0.3) is 0 Å². The highest BCUT2D eigenvalue weighted by atomic mass is 32.2. The number of benzene rings is 1. The van der Waals surface area contributed by atoms with Crippen molar-refractivity contribution >= 4 is 39.9 Å². The van der Waals surface area contributed by atoms with Gasteiger partial charge in [-0.1, -0.05) is 12.1 Å². The number of anilines is 2. The van der Waals surface area contributed by atoms with Crippen molar-refractivity contribution in [2.75, 3.05) is 22.4 Å². The zero-order valence-corrected chi connectivity index (χ0v) is 11.5. The van der Waals surface area contributed by atoms with Crippen molar-refractivity contribution in [3.63, 3.8) is 0 Å². The summed E-state index contributed by atoms with van der Waals surface area (Å²) >= 11 is 4.28. The molecule has 1 aromatic rings. The topological polar surface area (TPSA) is 66.5 Å². The molecule has 1 atom stereocenters. The molecule has 1 aromatic carbocycles. The van der Waals surface area contributed by atoms with E-state index in [1.54, 1.807) is 29.2 Å². The molecule has 1 amide bonds. The Morgan fingerprint density at radius 2 is 2.06 bits per heavy atom. The average molecular weight is 286 g/mol. The Morgan fingerprint density at radius 3 is 2.61 bits per heavy atom. The lowest BCUT2D eigenvalue weighted by Gasteiger charge is -2.20. The number of carbonyl (C=O) groups excluding carboxylic acids is 1. The van der Waals surface area contributed by atoms with E-state index in [0.29, 0.717) is 24.3 Å². The van der Waals surface area contributed by atoms with Crippen molar-refractivity contribution in [1.29, 1.82) is 0 Å². The van der Waals surface area contributed by atoms with Crippen LogP contribution >= 0.6 is 12.6 Å². The van der Waals surface area contributed by atoms with Gasteiger partial charge in [-0.25, -0.2) is 8.42 Å². The molecule has 1 heterocycles. The maximum Gasteiger partial charge on any atom is 0.229 e. The van der Waals surface area contributed by atoms with E-state index >= 15 is 0 Å². The molecule has 1 aliphatic heterocycles. The highest BCUT2D eigenvalue weighted by molar-refractivity contribution is 7.92. The van der Waals surface area contributed by atoms with Crippen LogP contribution in [0.15, 0.2) is 24.3 Å². The first-order valence-corrected chi connectivity index (χ1v) is 7.83. The average Bonchev–Trinajstić information content (AvgIpc) is 2.56. The fourth-order valence-electron chi connectivity index (χ4n) is 1.92. The van der Waals surface area contributed by atoms with Crippen LogP contribution in [-0.2, 0) is 14.8 Å². The second kappa shape index (κ2) is 4.81. The Kier molecular flexibility index (Phi) is 3.54. The Bertz CT molecular complexity index is 571. The van der Waals surface area contributed by atoms with Crippen molar-refractivity contribution < 1.29 is 13.2 Å². The van der Waals surface area contributed by atoms with E-state index in [0.717, 1.165) is 6.26 Å². The van der Waals surface area contributed by atoms with Gasteiger partial charge in [0.15, 0.2) is 0 Å². The van der Waals surface area contributed by atoms with E-state index in [2.05, 4.69) is 17.4 Å². The molecule has 1 fully saturated rings. The van der Waals surface area contributed by atoms with Crippen LogP contribution in [0.5, 0.6) is 0 Å². The molecule has 1 saturated heterocycles. The van der Waals surface area contributed by atoms with Crippen LogP contribution in [0.3, 0.4) is 0 Å². The molecule has 98 valence electrons. The van der Waals surface area contributed by atoms with E-state index < -0.39 is 10.0 Å². The predicted molar refractivity (Wildman–Crippen MR) is 74.7 cm³/mol. The van der Waals surface area contributed by atoms with Crippen LogP contribution in [0.2, 0.25) is 0 Å². The first kappa shape index (κ1) is 13.2. The number of thiol groups is 1. The maximum atomic E-state index is 11.8. The summed E-state index contributed by atoms with van der Waals surface area (Å²) < 4.78 is 25.0. The van der Waals surface area contributed by atoms with Gasteiger partial charge in [0.05, 0.1) is 17.6 Å². The van der Waals surface area contributed by atoms with Gasteiger partial charge in [0, 0.05) is 18.2 Å². The molecule has 0 saturated carbocycles. The number of amides is 1. The fourth-order valence-corrected chi connectivity index (χ4v) is 2.81. The second-order valence-corrected chi connectivity index (χ2v) is 6.73. The van der Waals surface area contributed by atoms with Crippen molar-refractivity contribution in [3.8, 4) is 0 Å². The van der Waals surface area contributed by atoms with Gasteiger partial charge in [-0.05, 0) is 12.1 Å². The lowest BCUT2D eigenvalue weighted by atomic mass is 10.2. The molecule has 2 rings (SSSR count). The van der Waals surface area contributed by atoms with E-state index in [4.69, 9.17) is 0 Å². The Morgan fingerprint density at radius 1 is 1.39 bits per heavy atom. The summed E-state index contributed by atoms with van der Waals surface area (Å²) in [5.74, 6) is -0.0437. The number of nitrogens with one attached hydrogen (secondary N) is 1. The molecule has 1 aliphatic rings. The number of carbonyl (C=O) groups is 1. The number of hydrogen-bond donors (Lipinski definition) is 2. The molecule has 0 bridgehead atoms. The largest absolute Gasteiger partial charge is 0.309 e. The first-order valence-electron chi connectivity index (χ1n) is 5.42. The summed E-state index contributed by atoms with van der Waals surface area (Å²) in [6.45, 7) is 0.490. The van der Waals surface area contributed by atoms with Crippen molar-refractivity contribution in [2.45, 2.75) is 11.7 Å². The van der Waals surface area contributed by atoms with Crippen LogP contribution in [0.4, 0.5) is 11.4 Å². The zero-order valence-electron chi connectivity index (χ0n) is 9.83. The highest BCUT2D eigenvalue weighted by Crippen LogP contribution is 2.31. The summed E-state index contributed by atoms with van der Waals surface area (Å²) in [7, 11) is -3.37. The van der Waals surface area contributed by atoms with Gasteiger partial charge in [-0.2, -0.15) is 12.6 Å². The van der Waals surface area contributed by atoms with E-state index in [1.807, 2.05) is 0 Å². The molecule has 5 nitrogen and oxygen atoms in total. The van der Waals surface area contributed by atoms with Crippen LogP contribution in [-0.4, -0.2) is 32.4 Å². The molecule has 1 unspecified atom stereocenters. The van der Waals surface area contributed by atoms with E-state index in [1.165, 1.54) is 0 Å². The summed E-state index contributed by atoms with van der Waals surface area (Å²) in [6.07, 6.45) is 1.45. The zero-order chi connectivity index (χ0) is 13.3. The maximum absolute atomic E-state index is 11.8. The number of hydrogen-bond acceptors (Lipinski definition) is 4. The second-order valence-electron chi connectivity index (χ2n) is 4.25. The molecule has 0 spiro atoms. The molecule has 0 aliphatic carbocycles. The molecule has 0 aromatic heterocycles. The molecule has 18 heavy (non-hydrogen) atoms. The molecule has 1 N–H and O–H groups in total. The lowest BCUT2D eigenvalue weighted by molar-refractivity contribution is -0.117. The fraction of sp³-hybridized carbons (Fsp3) is 0.364. The van der Waals surface area contributed by atoms with Crippen molar-refractivity contribution in [2.24, 2.45) is 0 Å². The molecule has 7 heteroatoms. The van der Waals surface area contributed by atoms with Crippen LogP contribution < -0.4 is 9.62 Å². The number of sulfonamides is 1. The monoisotopic (exact) mass is 286 g/mol. The standard InChI is InChI=1S/C11H14N2O3S2/c1-18(15,16)12-9-4-2-3-5-10(9)13-7-8(17)6-11(13)14/h2-5,8,12,17H,6-7H2,1H3. The Balaban J connectivity index is 2.36. The number of para-hydroxylation sites is 2. The number of rotatable bonds is 3. The predicted octanol–water partition coefficient (Wildman–Crippen LogP) is 1.09. The Labute approximate surface area is 112 Å². The Hall–Kier alpha value is -1.21. The minimum absolute atomic E-state index is 0.0104. The van der Waals surface area contributed by atoms with Gasteiger partial charge in [-0.3, -0.25) is 9.52 Å².